The van der Waals surface area contributed by atoms with E-state index < -0.39 is 20.1 Å². The zero-order valence-corrected chi connectivity index (χ0v) is 21.6. The van der Waals surface area contributed by atoms with Gasteiger partial charge in [-0.05, 0) is 26.2 Å². The van der Waals surface area contributed by atoms with Crippen molar-refractivity contribution in [2.45, 2.75) is 53.0 Å². The van der Waals surface area contributed by atoms with E-state index in [1.54, 1.807) is 28.3 Å². The molecule has 12 heteroatoms. The van der Waals surface area contributed by atoms with E-state index in [0.29, 0.717) is 25.4 Å². The molecule has 0 aliphatic rings. The molecule has 0 aromatic heterocycles. The molecule has 0 fully saturated rings. The van der Waals surface area contributed by atoms with Crippen molar-refractivity contribution in [2.75, 3.05) is 47.6 Å². The van der Waals surface area contributed by atoms with Crippen molar-refractivity contribution in [3.8, 4) is 0 Å². The molecule has 11 nitrogen and oxygen atoms in total. The Morgan fingerprint density at radius 2 is 1.59 bits per heavy atom. The average Bonchev–Trinajstić information content (AvgIpc) is 2.81. The van der Waals surface area contributed by atoms with E-state index >= 15 is 0 Å². The van der Waals surface area contributed by atoms with Gasteiger partial charge in [-0.15, -0.1) is 0 Å². The Morgan fingerprint density at radius 1 is 1.06 bits per heavy atom. The monoisotopic (exact) mass is 481 g/mol. The number of hydrogen-bond donors (Lipinski definition) is 4. The predicted octanol–water partition coefficient (Wildman–Crippen LogP) is 1.02. The van der Waals surface area contributed by atoms with Gasteiger partial charge in [0.05, 0.1) is 24.5 Å². The topological polar surface area (TPSA) is 158 Å². The van der Waals surface area contributed by atoms with Gasteiger partial charge in [-0.3, -0.25) is 9.59 Å². The van der Waals surface area contributed by atoms with Crippen molar-refractivity contribution in [1.29, 1.82) is 0 Å². The van der Waals surface area contributed by atoms with Crippen LogP contribution in [0.3, 0.4) is 0 Å². The summed E-state index contributed by atoms with van der Waals surface area (Å²) in [5.74, 6) is -0.794. The van der Waals surface area contributed by atoms with Crippen LogP contribution in [0, 0.1) is 11.3 Å². The highest BCUT2D eigenvalue weighted by atomic mass is 28.4. The van der Waals surface area contributed by atoms with E-state index in [-0.39, 0.29) is 37.7 Å². The Hall–Kier alpha value is -1.73. The molecule has 0 radical (unpaired) electrons. The number of carbonyl (C=O) groups is 3. The minimum atomic E-state index is -2.58. The lowest BCUT2D eigenvalue weighted by molar-refractivity contribution is -0.147. The van der Waals surface area contributed by atoms with Gasteiger partial charge < -0.3 is 39.5 Å². The van der Waals surface area contributed by atoms with Gasteiger partial charge in [-0.2, -0.15) is 0 Å². The van der Waals surface area contributed by atoms with Gasteiger partial charge >= 0.3 is 20.8 Å². The van der Waals surface area contributed by atoms with Gasteiger partial charge in [-0.1, -0.05) is 20.8 Å². The number of ether oxygens (including phenoxy) is 1. The number of primary amides is 1. The fourth-order valence-electron chi connectivity index (χ4n) is 2.11. The molecule has 0 heterocycles. The van der Waals surface area contributed by atoms with Crippen LogP contribution in [-0.2, 0) is 27.6 Å². The van der Waals surface area contributed by atoms with Crippen molar-refractivity contribution in [3.63, 3.8) is 0 Å². The fourth-order valence-corrected chi connectivity index (χ4v) is 3.84. The molecule has 0 aliphatic carbocycles. The summed E-state index contributed by atoms with van der Waals surface area (Å²) in [7, 11) is 2.09. The van der Waals surface area contributed by atoms with E-state index in [1.165, 1.54) is 0 Å². The highest BCUT2D eigenvalue weighted by Crippen LogP contribution is 2.18. The van der Waals surface area contributed by atoms with E-state index in [9.17, 15) is 14.4 Å². The standard InChI is InChI=1S/C14H30N2O6Si.C6H13NO2/c1-6-12(2)13(17)22-10-9-16-14(18)15-8-7-11-23(19-3,20-4)21-5;1-3-6(2,4-8)5(7)9/h12H,6-11H2,1-5H3,(H2,15,16,18);8H,3-4H2,1-2H3,(H2,7,9). The Balaban J connectivity index is 0. The van der Waals surface area contributed by atoms with Gasteiger partial charge in [-0.25, -0.2) is 4.79 Å². The first-order valence-corrected chi connectivity index (χ1v) is 12.7. The van der Waals surface area contributed by atoms with Crippen molar-refractivity contribution in [3.05, 3.63) is 0 Å². The van der Waals surface area contributed by atoms with E-state index in [2.05, 4.69) is 10.6 Å². The Bertz CT molecular complexity index is 535. The van der Waals surface area contributed by atoms with Crippen LogP contribution >= 0.6 is 0 Å². The molecule has 0 spiro atoms. The van der Waals surface area contributed by atoms with Gasteiger partial charge in [0.1, 0.15) is 6.61 Å². The maximum Gasteiger partial charge on any atom is 0.500 e. The Morgan fingerprint density at radius 3 is 1.97 bits per heavy atom. The highest BCUT2D eigenvalue weighted by Gasteiger charge is 2.36. The third-order valence-corrected chi connectivity index (χ3v) is 8.08. The van der Waals surface area contributed by atoms with Crippen LogP contribution in [0.2, 0.25) is 6.04 Å². The average molecular weight is 482 g/mol. The van der Waals surface area contributed by atoms with Gasteiger partial charge in [0, 0.05) is 33.9 Å². The first-order chi connectivity index (χ1) is 15.0. The summed E-state index contributed by atoms with van der Waals surface area (Å²) in [6.07, 6.45) is 2.00. The zero-order valence-electron chi connectivity index (χ0n) is 20.6. The molecule has 0 rings (SSSR count). The van der Waals surface area contributed by atoms with Crippen molar-refractivity contribution in [1.82, 2.24) is 10.6 Å². The fraction of sp³-hybridized carbons (Fsp3) is 0.850. The lowest BCUT2D eigenvalue weighted by Crippen LogP contribution is -2.44. The summed E-state index contributed by atoms with van der Waals surface area (Å²) in [5.41, 5.74) is 4.27. The molecule has 0 aliphatic heterocycles. The second-order valence-corrected chi connectivity index (χ2v) is 10.6. The first kappa shape index (κ1) is 32.4. The number of urea groups is 1. The van der Waals surface area contributed by atoms with Crippen LogP contribution < -0.4 is 16.4 Å². The number of carbonyl (C=O) groups excluding carboxylic acids is 3. The second kappa shape index (κ2) is 17.8. The molecule has 0 saturated heterocycles. The van der Waals surface area contributed by atoms with Crippen molar-refractivity contribution in [2.24, 2.45) is 17.1 Å². The van der Waals surface area contributed by atoms with Crippen LogP contribution in [0.1, 0.15) is 47.0 Å². The minimum absolute atomic E-state index is 0.115. The van der Waals surface area contributed by atoms with Crippen LogP contribution in [0.15, 0.2) is 0 Å². The van der Waals surface area contributed by atoms with Gasteiger partial charge in [0.2, 0.25) is 5.91 Å². The molecule has 190 valence electrons. The number of esters is 1. The number of nitrogens with one attached hydrogen (secondary N) is 2. The molecular formula is C20H43N3O8Si. The smallest absolute Gasteiger partial charge is 0.464 e. The quantitative estimate of drug-likeness (QED) is 0.153. The lowest BCUT2D eigenvalue weighted by Gasteiger charge is -2.24. The molecule has 2 unspecified atom stereocenters. The first-order valence-electron chi connectivity index (χ1n) is 10.8. The minimum Gasteiger partial charge on any atom is -0.464 e. The molecule has 0 saturated carbocycles. The van der Waals surface area contributed by atoms with Crippen LogP contribution in [0.5, 0.6) is 0 Å². The lowest BCUT2D eigenvalue weighted by atomic mass is 9.88. The molecule has 0 bridgehead atoms. The van der Waals surface area contributed by atoms with E-state index in [0.717, 1.165) is 6.42 Å². The SMILES string of the molecule is CCC(C)(CO)C(N)=O.CCC(C)C(=O)OCCNC(=O)NCCC[Si](OC)(OC)OC. The largest absolute Gasteiger partial charge is 0.500 e. The number of aliphatic hydroxyl groups excluding tert-OH is 1. The molecule has 3 amide bonds. The van der Waals surface area contributed by atoms with Crippen molar-refractivity contribution < 1.29 is 37.5 Å². The second-order valence-electron chi connectivity index (χ2n) is 7.49. The third kappa shape index (κ3) is 13.0. The molecule has 5 N–H and O–H groups in total. The summed E-state index contributed by atoms with van der Waals surface area (Å²) >= 11 is 0. The number of rotatable bonds is 15. The van der Waals surface area contributed by atoms with Crippen LogP contribution in [0.4, 0.5) is 4.79 Å². The van der Waals surface area contributed by atoms with E-state index in [1.807, 2.05) is 20.8 Å². The Labute approximate surface area is 193 Å². The predicted molar refractivity (Wildman–Crippen MR) is 123 cm³/mol. The molecule has 0 aromatic rings. The molecule has 32 heavy (non-hydrogen) atoms. The maximum absolute atomic E-state index is 11.6. The zero-order chi connectivity index (χ0) is 25.2. The molecule has 2 atom stereocenters. The van der Waals surface area contributed by atoms with Crippen molar-refractivity contribution >= 4 is 26.7 Å². The van der Waals surface area contributed by atoms with Gasteiger partial charge in [0.25, 0.3) is 0 Å². The maximum atomic E-state index is 11.6. The summed E-state index contributed by atoms with van der Waals surface area (Å²) in [5, 5.41) is 14.0. The highest BCUT2D eigenvalue weighted by molar-refractivity contribution is 6.60. The normalized spacial score (nSPS) is 13.8. The summed E-state index contributed by atoms with van der Waals surface area (Å²) in [6, 6.07) is 0.313. The number of hydrogen-bond acceptors (Lipinski definition) is 8. The molecular weight excluding hydrogens is 438 g/mol. The number of aliphatic hydroxyl groups is 1. The van der Waals surface area contributed by atoms with E-state index in [4.69, 9.17) is 28.9 Å². The number of amides is 3. The summed E-state index contributed by atoms with van der Waals surface area (Å²) in [4.78, 5) is 33.5. The van der Waals surface area contributed by atoms with Crippen LogP contribution in [0.25, 0.3) is 0 Å². The Kier molecular flexibility index (Phi) is 18.0. The third-order valence-electron chi connectivity index (χ3n) is 5.25. The number of nitrogens with two attached hydrogens (primary N) is 1. The molecule has 0 aromatic carbocycles. The van der Waals surface area contributed by atoms with Crippen LogP contribution in [-0.4, -0.2) is 79.5 Å². The van der Waals surface area contributed by atoms with Gasteiger partial charge in [0.15, 0.2) is 0 Å². The summed E-state index contributed by atoms with van der Waals surface area (Å²) < 4.78 is 20.9. The summed E-state index contributed by atoms with van der Waals surface area (Å²) in [6.45, 7) is 7.96.